The first kappa shape index (κ1) is 12.4. The fourth-order valence-corrected chi connectivity index (χ4v) is 1.47. The van der Waals surface area contributed by atoms with E-state index >= 15 is 0 Å². The molecule has 1 aromatic heterocycles. The molecule has 2 rings (SSSR count). The molecule has 2 nitrogen and oxygen atoms in total. The van der Waals surface area contributed by atoms with Crippen LogP contribution in [0.5, 0.6) is 0 Å². The Labute approximate surface area is 101 Å². The average Bonchev–Trinajstić information content (AvgIpc) is 2.30. The van der Waals surface area contributed by atoms with Crippen molar-refractivity contribution in [1.82, 2.24) is 4.98 Å². The van der Waals surface area contributed by atoms with Gasteiger partial charge in [0.15, 0.2) is 5.78 Å². The minimum atomic E-state index is 0. The van der Waals surface area contributed by atoms with Crippen molar-refractivity contribution >= 4 is 18.2 Å². The van der Waals surface area contributed by atoms with E-state index in [0.29, 0.717) is 11.1 Å². The number of ketones is 1. The molecule has 1 heterocycles. The van der Waals surface area contributed by atoms with E-state index in [-0.39, 0.29) is 18.2 Å². The maximum atomic E-state index is 12.0. The van der Waals surface area contributed by atoms with Crippen molar-refractivity contribution in [1.29, 1.82) is 0 Å². The normalized spacial score (nSPS) is 9.31. The number of hydrogen-bond donors (Lipinski definition) is 0. The summed E-state index contributed by atoms with van der Waals surface area (Å²) in [5, 5.41) is 0. The summed E-state index contributed by atoms with van der Waals surface area (Å²) in [6.45, 7) is 1.84. The van der Waals surface area contributed by atoms with Crippen LogP contribution in [-0.2, 0) is 0 Å². The summed E-state index contributed by atoms with van der Waals surface area (Å²) in [5.74, 6) is 0.0289. The highest BCUT2D eigenvalue weighted by Gasteiger charge is 2.10. The quantitative estimate of drug-likeness (QED) is 0.747. The Hall–Kier alpha value is -1.67. The Bertz CT molecular complexity index is 482. The molecule has 0 N–H and O–H groups in total. The van der Waals surface area contributed by atoms with Crippen molar-refractivity contribution in [2.24, 2.45) is 0 Å². The molecular weight excluding hydrogens is 222 g/mol. The molecule has 82 valence electrons. The van der Waals surface area contributed by atoms with Gasteiger partial charge < -0.3 is 0 Å². The Balaban J connectivity index is 0.00000128. The molecular formula is C13H12ClNO. The Morgan fingerprint density at radius 2 is 1.75 bits per heavy atom. The van der Waals surface area contributed by atoms with Crippen LogP contribution in [0, 0.1) is 6.92 Å². The van der Waals surface area contributed by atoms with Crippen molar-refractivity contribution in [3.63, 3.8) is 0 Å². The first-order valence-corrected chi connectivity index (χ1v) is 4.80. The number of benzene rings is 1. The minimum absolute atomic E-state index is 0. The summed E-state index contributed by atoms with van der Waals surface area (Å²) in [6, 6.07) is 12.8. The van der Waals surface area contributed by atoms with Crippen molar-refractivity contribution in [3.05, 3.63) is 65.5 Å². The number of pyridine rings is 1. The van der Waals surface area contributed by atoms with Crippen LogP contribution in [0.15, 0.2) is 48.7 Å². The van der Waals surface area contributed by atoms with Gasteiger partial charge in [0.05, 0.1) is 0 Å². The number of carbonyl (C=O) groups excluding carboxylic acids is 1. The van der Waals surface area contributed by atoms with Gasteiger partial charge in [0.2, 0.25) is 0 Å². The number of halogens is 1. The summed E-state index contributed by atoms with van der Waals surface area (Å²) in [6.07, 6.45) is 1.69. The van der Waals surface area contributed by atoms with Gasteiger partial charge in [-0.1, -0.05) is 30.3 Å². The fraction of sp³-hybridized carbons (Fsp3) is 0.0769. The van der Waals surface area contributed by atoms with Crippen LogP contribution in [-0.4, -0.2) is 10.8 Å². The van der Waals surface area contributed by atoms with E-state index in [4.69, 9.17) is 0 Å². The second-order valence-corrected chi connectivity index (χ2v) is 3.33. The molecule has 0 spiro atoms. The van der Waals surface area contributed by atoms with Gasteiger partial charge in [0, 0.05) is 23.0 Å². The smallest absolute Gasteiger partial charge is 0.194 e. The van der Waals surface area contributed by atoms with Crippen LogP contribution in [0.3, 0.4) is 0 Å². The molecule has 0 amide bonds. The van der Waals surface area contributed by atoms with E-state index in [9.17, 15) is 4.79 Å². The van der Waals surface area contributed by atoms with Crippen LogP contribution in [0.1, 0.15) is 21.6 Å². The van der Waals surface area contributed by atoms with Gasteiger partial charge in [-0.25, -0.2) is 0 Å². The van der Waals surface area contributed by atoms with Gasteiger partial charge in [-0.2, -0.15) is 0 Å². The molecule has 0 saturated carbocycles. The van der Waals surface area contributed by atoms with Crippen molar-refractivity contribution in [2.75, 3.05) is 0 Å². The van der Waals surface area contributed by atoms with Gasteiger partial charge in [-0.05, 0) is 19.1 Å². The Morgan fingerprint density at radius 1 is 1.06 bits per heavy atom. The maximum absolute atomic E-state index is 12.0. The third kappa shape index (κ3) is 2.47. The molecule has 0 radical (unpaired) electrons. The van der Waals surface area contributed by atoms with E-state index in [1.165, 1.54) is 0 Å². The highest BCUT2D eigenvalue weighted by atomic mass is 35.5. The largest absolute Gasteiger partial charge is 0.289 e. The van der Waals surface area contributed by atoms with Crippen LogP contribution in [0.25, 0.3) is 0 Å². The van der Waals surface area contributed by atoms with E-state index in [0.717, 1.165) is 5.69 Å². The third-order valence-electron chi connectivity index (χ3n) is 2.29. The van der Waals surface area contributed by atoms with E-state index in [1.54, 1.807) is 18.3 Å². The second-order valence-electron chi connectivity index (χ2n) is 3.33. The van der Waals surface area contributed by atoms with Gasteiger partial charge in [-0.15, -0.1) is 12.4 Å². The van der Waals surface area contributed by atoms with Crippen LogP contribution >= 0.6 is 12.4 Å². The minimum Gasteiger partial charge on any atom is -0.289 e. The van der Waals surface area contributed by atoms with Crippen molar-refractivity contribution in [2.45, 2.75) is 6.92 Å². The summed E-state index contributed by atoms with van der Waals surface area (Å²) in [4.78, 5) is 16.1. The molecule has 0 unspecified atom stereocenters. The molecule has 0 atom stereocenters. The molecule has 1 aromatic carbocycles. The van der Waals surface area contributed by atoms with Crippen LogP contribution in [0.4, 0.5) is 0 Å². The number of hydrogen-bond acceptors (Lipinski definition) is 2. The molecule has 0 saturated heterocycles. The van der Waals surface area contributed by atoms with Gasteiger partial charge in [-0.3, -0.25) is 9.78 Å². The fourth-order valence-electron chi connectivity index (χ4n) is 1.47. The summed E-state index contributed by atoms with van der Waals surface area (Å²) < 4.78 is 0. The third-order valence-corrected chi connectivity index (χ3v) is 2.29. The SMILES string of the molecule is Cc1ncccc1C(=O)c1ccccc1.Cl. The van der Waals surface area contributed by atoms with E-state index < -0.39 is 0 Å². The van der Waals surface area contributed by atoms with Gasteiger partial charge in [0.25, 0.3) is 0 Å². The maximum Gasteiger partial charge on any atom is 0.194 e. The van der Waals surface area contributed by atoms with Gasteiger partial charge >= 0.3 is 0 Å². The number of nitrogens with zero attached hydrogens (tertiary/aromatic N) is 1. The molecule has 16 heavy (non-hydrogen) atoms. The zero-order chi connectivity index (χ0) is 10.7. The lowest BCUT2D eigenvalue weighted by Gasteiger charge is -2.02. The molecule has 0 aliphatic carbocycles. The first-order chi connectivity index (χ1) is 7.29. The number of aromatic nitrogens is 1. The molecule has 2 aromatic rings. The standard InChI is InChI=1S/C13H11NO.ClH/c1-10-12(8-5-9-14-10)13(15)11-6-3-2-4-7-11;/h2-9H,1H3;1H. The lowest BCUT2D eigenvalue weighted by Crippen LogP contribution is -2.04. The predicted molar refractivity (Wildman–Crippen MR) is 66.1 cm³/mol. The molecule has 0 bridgehead atoms. The zero-order valence-corrected chi connectivity index (χ0v) is 9.70. The Kier molecular flexibility index (Phi) is 4.20. The summed E-state index contributed by atoms with van der Waals surface area (Å²) >= 11 is 0. The van der Waals surface area contributed by atoms with Crippen LogP contribution < -0.4 is 0 Å². The highest BCUT2D eigenvalue weighted by molar-refractivity contribution is 6.09. The van der Waals surface area contributed by atoms with Crippen molar-refractivity contribution < 1.29 is 4.79 Å². The summed E-state index contributed by atoms with van der Waals surface area (Å²) in [5.41, 5.74) is 2.14. The number of rotatable bonds is 2. The average molecular weight is 234 g/mol. The van der Waals surface area contributed by atoms with Gasteiger partial charge in [0.1, 0.15) is 0 Å². The second kappa shape index (κ2) is 5.42. The van der Waals surface area contributed by atoms with Crippen LogP contribution in [0.2, 0.25) is 0 Å². The number of aryl methyl sites for hydroxylation is 1. The molecule has 0 aliphatic rings. The van der Waals surface area contributed by atoms with E-state index in [1.807, 2.05) is 37.3 Å². The lowest BCUT2D eigenvalue weighted by atomic mass is 10.0. The predicted octanol–water partition coefficient (Wildman–Crippen LogP) is 3.04. The first-order valence-electron chi connectivity index (χ1n) is 4.80. The summed E-state index contributed by atoms with van der Waals surface area (Å²) in [7, 11) is 0. The zero-order valence-electron chi connectivity index (χ0n) is 8.88. The monoisotopic (exact) mass is 233 g/mol. The molecule has 3 heteroatoms. The topological polar surface area (TPSA) is 30.0 Å². The van der Waals surface area contributed by atoms with E-state index in [2.05, 4.69) is 4.98 Å². The molecule has 0 fully saturated rings. The number of carbonyl (C=O) groups is 1. The Morgan fingerprint density at radius 3 is 2.38 bits per heavy atom. The lowest BCUT2D eigenvalue weighted by molar-refractivity contribution is 0.103. The van der Waals surface area contributed by atoms with Crippen molar-refractivity contribution in [3.8, 4) is 0 Å². The molecule has 0 aliphatic heterocycles. The highest BCUT2D eigenvalue weighted by Crippen LogP contribution is 2.11.